The topological polar surface area (TPSA) is 20.3 Å². The fraction of sp³-hybridized carbons (Fsp3) is 0.923. The first-order chi connectivity index (χ1) is 7.35. The maximum atomic E-state index is 10.4. The maximum absolute atomic E-state index is 10.4. The molecule has 0 aliphatic heterocycles. The largest absolute Gasteiger partial charge is 0.335 e. The first-order valence-electron chi connectivity index (χ1n) is 6.47. The van der Waals surface area contributed by atoms with Gasteiger partial charge in [-0.15, -0.1) is 0 Å². The van der Waals surface area contributed by atoms with Crippen molar-refractivity contribution in [3.63, 3.8) is 0 Å². The van der Waals surface area contributed by atoms with Crippen molar-refractivity contribution in [1.82, 2.24) is 4.90 Å². The Hall–Kier alpha value is -0.530. The number of nitrogens with zero attached hydrogens (tertiary/aromatic N) is 1. The maximum Gasteiger partial charge on any atom is 0.312 e. The average Bonchev–Trinajstić information content (AvgIpc) is 2.27. The van der Waals surface area contributed by atoms with Gasteiger partial charge in [0.2, 0.25) is 0 Å². The van der Waals surface area contributed by atoms with Crippen LogP contribution in [0.25, 0.3) is 0 Å². The molecule has 0 aromatic rings. The van der Waals surface area contributed by atoms with Gasteiger partial charge >= 0.3 is 6.41 Å². The molecule has 0 fully saturated rings. The van der Waals surface area contributed by atoms with Crippen LogP contribution in [0.1, 0.15) is 65.2 Å². The van der Waals surface area contributed by atoms with Crippen molar-refractivity contribution in [1.29, 1.82) is 0 Å². The van der Waals surface area contributed by atoms with Gasteiger partial charge in [0.15, 0.2) is 0 Å². The molecule has 1 radical (unpaired) electrons. The van der Waals surface area contributed by atoms with Crippen LogP contribution in [0.15, 0.2) is 0 Å². The van der Waals surface area contributed by atoms with E-state index < -0.39 is 0 Å². The molecule has 0 aliphatic carbocycles. The van der Waals surface area contributed by atoms with E-state index in [0.717, 1.165) is 19.5 Å². The Kier molecular flexibility index (Phi) is 11.1. The van der Waals surface area contributed by atoms with Crippen molar-refractivity contribution in [3.8, 4) is 0 Å². The van der Waals surface area contributed by atoms with E-state index in [1.807, 2.05) is 13.3 Å². The van der Waals surface area contributed by atoms with E-state index in [1.54, 1.807) is 4.90 Å². The van der Waals surface area contributed by atoms with E-state index in [4.69, 9.17) is 0 Å². The molecule has 0 atom stereocenters. The summed E-state index contributed by atoms with van der Waals surface area (Å²) in [6, 6.07) is 0. The molecule has 89 valence electrons. The van der Waals surface area contributed by atoms with Gasteiger partial charge in [-0.2, -0.15) is 0 Å². The first kappa shape index (κ1) is 14.5. The van der Waals surface area contributed by atoms with Crippen LogP contribution >= 0.6 is 0 Å². The summed E-state index contributed by atoms with van der Waals surface area (Å²) >= 11 is 0. The third-order valence-corrected chi connectivity index (χ3v) is 2.79. The second-order valence-electron chi connectivity index (χ2n) is 4.15. The Labute approximate surface area is 95.0 Å². The minimum atomic E-state index is 0.792. The van der Waals surface area contributed by atoms with Gasteiger partial charge in [-0.05, 0) is 13.3 Å². The monoisotopic (exact) mass is 212 g/mol. The molecule has 0 bridgehead atoms. The summed E-state index contributed by atoms with van der Waals surface area (Å²) < 4.78 is 0. The Morgan fingerprint density at radius 1 is 0.867 bits per heavy atom. The van der Waals surface area contributed by atoms with E-state index >= 15 is 0 Å². The van der Waals surface area contributed by atoms with Crippen molar-refractivity contribution in [3.05, 3.63) is 0 Å². The highest BCUT2D eigenvalue weighted by Gasteiger charge is 1.98. The second-order valence-corrected chi connectivity index (χ2v) is 4.15. The van der Waals surface area contributed by atoms with Gasteiger partial charge in [-0.3, -0.25) is 4.79 Å². The summed E-state index contributed by atoms with van der Waals surface area (Å²) in [5.41, 5.74) is 0. The van der Waals surface area contributed by atoms with E-state index in [2.05, 4.69) is 6.92 Å². The fourth-order valence-corrected chi connectivity index (χ4v) is 1.70. The molecule has 0 saturated heterocycles. The standard InChI is InChI=1S/C13H26NO/c1-3-5-6-7-8-9-10-11-12-14(4-2)13-15/h3-12H2,1-2H3. The quantitative estimate of drug-likeness (QED) is 0.379. The molecular formula is C13H26NO. The zero-order valence-corrected chi connectivity index (χ0v) is 10.4. The van der Waals surface area contributed by atoms with Gasteiger partial charge in [0.25, 0.3) is 0 Å². The van der Waals surface area contributed by atoms with Crippen molar-refractivity contribution in [2.45, 2.75) is 65.2 Å². The van der Waals surface area contributed by atoms with Gasteiger partial charge < -0.3 is 4.90 Å². The first-order valence-corrected chi connectivity index (χ1v) is 6.47. The number of amides is 1. The highest BCUT2D eigenvalue weighted by molar-refractivity contribution is 5.47. The van der Waals surface area contributed by atoms with E-state index in [0.29, 0.717) is 0 Å². The predicted octanol–water partition coefficient (Wildman–Crippen LogP) is 3.52. The van der Waals surface area contributed by atoms with Crippen LogP contribution in [0.3, 0.4) is 0 Å². The Balaban J connectivity index is 3.07. The van der Waals surface area contributed by atoms with Crippen LogP contribution in [-0.4, -0.2) is 24.4 Å². The summed E-state index contributed by atoms with van der Waals surface area (Å²) in [5, 5.41) is 0. The predicted molar refractivity (Wildman–Crippen MR) is 65.6 cm³/mol. The molecule has 0 aromatic carbocycles. The smallest absolute Gasteiger partial charge is 0.312 e. The number of rotatable bonds is 11. The summed E-state index contributed by atoms with van der Waals surface area (Å²) in [6.07, 6.45) is 12.5. The molecule has 1 amide bonds. The van der Waals surface area contributed by atoms with Crippen LogP contribution in [0.4, 0.5) is 0 Å². The van der Waals surface area contributed by atoms with Crippen LogP contribution < -0.4 is 0 Å². The van der Waals surface area contributed by atoms with Gasteiger partial charge in [0.1, 0.15) is 0 Å². The van der Waals surface area contributed by atoms with E-state index in [9.17, 15) is 4.79 Å². The van der Waals surface area contributed by atoms with Crippen LogP contribution in [0.2, 0.25) is 0 Å². The highest BCUT2D eigenvalue weighted by Crippen LogP contribution is 2.08. The lowest BCUT2D eigenvalue weighted by Crippen LogP contribution is -2.22. The van der Waals surface area contributed by atoms with Gasteiger partial charge in [0, 0.05) is 13.1 Å². The molecule has 2 nitrogen and oxygen atoms in total. The zero-order chi connectivity index (χ0) is 11.4. The number of hydrogen-bond acceptors (Lipinski definition) is 1. The van der Waals surface area contributed by atoms with Crippen molar-refractivity contribution in [2.75, 3.05) is 13.1 Å². The lowest BCUT2D eigenvalue weighted by atomic mass is 10.1. The van der Waals surface area contributed by atoms with Crippen LogP contribution in [0, 0.1) is 0 Å². The minimum absolute atomic E-state index is 0.792. The normalized spacial score (nSPS) is 10.3. The van der Waals surface area contributed by atoms with Gasteiger partial charge in [-0.1, -0.05) is 51.9 Å². The summed E-state index contributed by atoms with van der Waals surface area (Å²) in [7, 11) is 0. The molecule has 0 spiro atoms. The Morgan fingerprint density at radius 3 is 1.87 bits per heavy atom. The molecule has 0 heterocycles. The van der Waals surface area contributed by atoms with Crippen molar-refractivity contribution >= 4 is 6.41 Å². The van der Waals surface area contributed by atoms with E-state index in [-0.39, 0.29) is 0 Å². The summed E-state index contributed by atoms with van der Waals surface area (Å²) in [4.78, 5) is 12.1. The minimum Gasteiger partial charge on any atom is -0.335 e. The van der Waals surface area contributed by atoms with Crippen LogP contribution in [0.5, 0.6) is 0 Å². The van der Waals surface area contributed by atoms with Gasteiger partial charge in [0.05, 0.1) is 0 Å². The van der Waals surface area contributed by atoms with Crippen molar-refractivity contribution in [2.24, 2.45) is 0 Å². The molecule has 0 N–H and O–H groups in total. The molecule has 2 heteroatoms. The molecule has 0 saturated carbocycles. The molecule has 15 heavy (non-hydrogen) atoms. The zero-order valence-electron chi connectivity index (χ0n) is 10.4. The van der Waals surface area contributed by atoms with E-state index in [1.165, 1.54) is 44.9 Å². The van der Waals surface area contributed by atoms with Gasteiger partial charge in [-0.25, -0.2) is 0 Å². The molecule has 0 aromatic heterocycles. The highest BCUT2D eigenvalue weighted by atomic mass is 16.1. The number of carbonyl (C=O) groups excluding carboxylic acids is 1. The third-order valence-electron chi connectivity index (χ3n) is 2.79. The lowest BCUT2D eigenvalue weighted by Gasteiger charge is -2.12. The molecule has 0 aliphatic rings. The molecule has 0 unspecified atom stereocenters. The summed E-state index contributed by atoms with van der Waals surface area (Å²) in [6.45, 7) is 5.92. The summed E-state index contributed by atoms with van der Waals surface area (Å²) in [5.74, 6) is 0. The second kappa shape index (κ2) is 11.5. The third kappa shape index (κ3) is 9.77. The molecular weight excluding hydrogens is 186 g/mol. The van der Waals surface area contributed by atoms with Crippen molar-refractivity contribution < 1.29 is 4.79 Å². The number of unbranched alkanes of at least 4 members (excludes halogenated alkanes) is 7. The molecule has 0 rings (SSSR count). The Bertz CT molecular complexity index is 136. The number of hydrogen-bond donors (Lipinski definition) is 0. The fourth-order valence-electron chi connectivity index (χ4n) is 1.70. The SMILES string of the molecule is CCCCCCCCCCN([C]=O)CC. The van der Waals surface area contributed by atoms with Crippen LogP contribution in [-0.2, 0) is 4.79 Å². The lowest BCUT2D eigenvalue weighted by molar-refractivity contribution is 0.381. The Morgan fingerprint density at radius 2 is 1.40 bits per heavy atom. The average molecular weight is 212 g/mol.